The third-order valence-electron chi connectivity index (χ3n) is 4.10. The topological polar surface area (TPSA) is 35.8 Å². The molecule has 2 rings (SSSR count). The average Bonchev–Trinajstić information content (AvgIpc) is 2.41. The molecule has 1 saturated carbocycles. The number of nitriles is 1. The zero-order valence-electron chi connectivity index (χ0n) is 12.3. The van der Waals surface area contributed by atoms with Crippen LogP contribution in [-0.2, 0) is 0 Å². The van der Waals surface area contributed by atoms with Crippen molar-refractivity contribution in [2.45, 2.75) is 51.5 Å². The van der Waals surface area contributed by atoms with Crippen LogP contribution in [0.3, 0.4) is 0 Å². The summed E-state index contributed by atoms with van der Waals surface area (Å²) in [5.74, 6) is 1.38. The Balaban J connectivity index is 2.08. The molecule has 1 aliphatic rings. The summed E-state index contributed by atoms with van der Waals surface area (Å²) in [5.41, 5.74) is 0.658. The van der Waals surface area contributed by atoms with Crippen LogP contribution in [0.4, 0.5) is 5.69 Å². The van der Waals surface area contributed by atoms with Gasteiger partial charge in [-0.15, -0.1) is 0 Å². The zero-order valence-corrected chi connectivity index (χ0v) is 13.9. The van der Waals surface area contributed by atoms with Gasteiger partial charge in [0.2, 0.25) is 0 Å². The maximum absolute atomic E-state index is 9.69. The van der Waals surface area contributed by atoms with Crippen molar-refractivity contribution in [3.63, 3.8) is 0 Å². The Morgan fingerprint density at radius 1 is 1.40 bits per heavy atom. The van der Waals surface area contributed by atoms with Gasteiger partial charge in [0, 0.05) is 10.2 Å². The second-order valence-corrected chi connectivity index (χ2v) is 7.33. The van der Waals surface area contributed by atoms with Crippen molar-refractivity contribution in [1.29, 1.82) is 5.26 Å². The van der Waals surface area contributed by atoms with E-state index in [2.05, 4.69) is 41.2 Å². The van der Waals surface area contributed by atoms with E-state index < -0.39 is 0 Å². The van der Waals surface area contributed by atoms with Crippen molar-refractivity contribution in [3.05, 3.63) is 28.7 Å². The van der Waals surface area contributed by atoms with E-state index in [1.807, 2.05) is 24.3 Å². The van der Waals surface area contributed by atoms with Gasteiger partial charge < -0.3 is 5.32 Å². The molecule has 0 radical (unpaired) electrons. The molecule has 0 aliphatic heterocycles. The van der Waals surface area contributed by atoms with E-state index in [-0.39, 0.29) is 5.54 Å². The highest BCUT2D eigenvalue weighted by molar-refractivity contribution is 9.10. The van der Waals surface area contributed by atoms with Crippen molar-refractivity contribution in [2.75, 3.05) is 5.32 Å². The highest BCUT2D eigenvalue weighted by Gasteiger charge is 2.36. The van der Waals surface area contributed by atoms with Gasteiger partial charge in [-0.05, 0) is 61.8 Å². The molecule has 0 saturated heterocycles. The maximum Gasteiger partial charge on any atom is 0.125 e. The van der Waals surface area contributed by atoms with Crippen LogP contribution in [0, 0.1) is 23.2 Å². The molecule has 0 spiro atoms. The first kappa shape index (κ1) is 15.4. The summed E-state index contributed by atoms with van der Waals surface area (Å²) in [6, 6.07) is 10.7. The summed E-state index contributed by atoms with van der Waals surface area (Å²) in [5, 5.41) is 13.2. The van der Waals surface area contributed by atoms with Crippen molar-refractivity contribution in [1.82, 2.24) is 0 Å². The lowest BCUT2D eigenvalue weighted by molar-refractivity contribution is 0.254. The fourth-order valence-corrected chi connectivity index (χ4v) is 3.57. The minimum atomic E-state index is -0.383. The molecular formula is C17H23BrN2. The van der Waals surface area contributed by atoms with Gasteiger partial charge in [-0.25, -0.2) is 0 Å². The third-order valence-corrected chi connectivity index (χ3v) is 4.63. The van der Waals surface area contributed by atoms with Crippen LogP contribution in [0.5, 0.6) is 0 Å². The molecule has 108 valence electrons. The molecule has 2 nitrogen and oxygen atoms in total. The lowest BCUT2D eigenvalue weighted by Gasteiger charge is -2.37. The molecule has 0 bridgehead atoms. The van der Waals surface area contributed by atoms with E-state index in [0.717, 1.165) is 29.4 Å². The number of rotatable bonds is 4. The average molecular weight is 335 g/mol. The molecule has 2 unspecified atom stereocenters. The zero-order chi connectivity index (χ0) is 14.6. The monoisotopic (exact) mass is 334 g/mol. The molecule has 1 aromatic rings. The van der Waals surface area contributed by atoms with Gasteiger partial charge in [-0.2, -0.15) is 5.26 Å². The highest BCUT2D eigenvalue weighted by Crippen LogP contribution is 2.37. The molecular weight excluding hydrogens is 312 g/mol. The van der Waals surface area contributed by atoms with Gasteiger partial charge in [0.05, 0.1) is 6.07 Å². The molecule has 1 aromatic carbocycles. The summed E-state index contributed by atoms with van der Waals surface area (Å²) in [6.45, 7) is 4.54. The second-order valence-electron chi connectivity index (χ2n) is 6.42. The van der Waals surface area contributed by atoms with Crippen LogP contribution in [0.15, 0.2) is 28.7 Å². The molecule has 1 N–H and O–H groups in total. The first-order valence-corrected chi connectivity index (χ1v) is 8.27. The Hall–Kier alpha value is -1.01. The number of hydrogen-bond donors (Lipinski definition) is 1. The van der Waals surface area contributed by atoms with Gasteiger partial charge in [0.15, 0.2) is 0 Å². The van der Waals surface area contributed by atoms with E-state index in [4.69, 9.17) is 0 Å². The van der Waals surface area contributed by atoms with E-state index >= 15 is 0 Å². The quantitative estimate of drug-likeness (QED) is 0.804. The SMILES string of the molecule is CC(C)CC1CCCC(C#N)(Nc2ccc(Br)cc2)C1. The highest BCUT2D eigenvalue weighted by atomic mass is 79.9. The Labute approximate surface area is 130 Å². The van der Waals surface area contributed by atoms with Crippen LogP contribution in [0.25, 0.3) is 0 Å². The summed E-state index contributed by atoms with van der Waals surface area (Å²) >= 11 is 3.45. The van der Waals surface area contributed by atoms with Gasteiger partial charge in [0.25, 0.3) is 0 Å². The Morgan fingerprint density at radius 3 is 2.70 bits per heavy atom. The minimum absolute atomic E-state index is 0.383. The van der Waals surface area contributed by atoms with Crippen LogP contribution >= 0.6 is 15.9 Å². The Morgan fingerprint density at radius 2 is 2.10 bits per heavy atom. The van der Waals surface area contributed by atoms with Crippen molar-refractivity contribution >= 4 is 21.6 Å². The fraction of sp³-hybridized carbons (Fsp3) is 0.588. The van der Waals surface area contributed by atoms with E-state index in [0.29, 0.717) is 11.8 Å². The van der Waals surface area contributed by atoms with Gasteiger partial charge in [-0.1, -0.05) is 36.2 Å². The number of anilines is 1. The summed E-state index contributed by atoms with van der Waals surface area (Å²) in [4.78, 5) is 0. The van der Waals surface area contributed by atoms with Crippen molar-refractivity contribution in [2.24, 2.45) is 11.8 Å². The number of halogens is 1. The molecule has 20 heavy (non-hydrogen) atoms. The Bertz CT molecular complexity index is 475. The summed E-state index contributed by atoms with van der Waals surface area (Å²) < 4.78 is 1.07. The van der Waals surface area contributed by atoms with E-state index in [1.54, 1.807) is 0 Å². The third kappa shape index (κ3) is 3.99. The normalized spacial score (nSPS) is 26.2. The molecule has 1 aliphatic carbocycles. The molecule has 2 atom stereocenters. The van der Waals surface area contributed by atoms with Crippen LogP contribution in [0.1, 0.15) is 46.0 Å². The number of benzene rings is 1. The molecule has 0 amide bonds. The lowest BCUT2D eigenvalue weighted by Crippen LogP contribution is -2.41. The second kappa shape index (κ2) is 6.63. The van der Waals surface area contributed by atoms with E-state index in [9.17, 15) is 5.26 Å². The standard InChI is InChI=1S/C17H23BrN2/c1-13(2)10-14-4-3-9-17(11-14,12-19)20-16-7-5-15(18)6-8-16/h5-8,13-14,20H,3-4,9-11H2,1-2H3. The first-order valence-electron chi connectivity index (χ1n) is 7.48. The first-order chi connectivity index (χ1) is 9.53. The van der Waals surface area contributed by atoms with Crippen LogP contribution < -0.4 is 5.32 Å². The minimum Gasteiger partial charge on any atom is -0.367 e. The maximum atomic E-state index is 9.69. The molecule has 1 fully saturated rings. The summed E-state index contributed by atoms with van der Waals surface area (Å²) in [7, 11) is 0. The fourth-order valence-electron chi connectivity index (χ4n) is 3.31. The molecule has 3 heteroatoms. The number of nitrogens with one attached hydrogen (secondary N) is 1. The number of hydrogen-bond acceptors (Lipinski definition) is 2. The van der Waals surface area contributed by atoms with Gasteiger partial charge in [0.1, 0.15) is 5.54 Å². The van der Waals surface area contributed by atoms with Crippen LogP contribution in [-0.4, -0.2) is 5.54 Å². The Kier molecular flexibility index (Phi) is 5.10. The molecule has 0 heterocycles. The van der Waals surface area contributed by atoms with Crippen LogP contribution in [0.2, 0.25) is 0 Å². The van der Waals surface area contributed by atoms with E-state index in [1.165, 1.54) is 12.8 Å². The van der Waals surface area contributed by atoms with Crippen molar-refractivity contribution < 1.29 is 0 Å². The van der Waals surface area contributed by atoms with Gasteiger partial charge >= 0.3 is 0 Å². The largest absolute Gasteiger partial charge is 0.367 e. The predicted molar refractivity (Wildman–Crippen MR) is 87.5 cm³/mol. The van der Waals surface area contributed by atoms with Crippen molar-refractivity contribution in [3.8, 4) is 6.07 Å². The van der Waals surface area contributed by atoms with Gasteiger partial charge in [-0.3, -0.25) is 0 Å². The number of nitrogens with zero attached hydrogens (tertiary/aromatic N) is 1. The predicted octanol–water partition coefficient (Wildman–Crippen LogP) is 5.36. The summed E-state index contributed by atoms with van der Waals surface area (Å²) in [6.07, 6.45) is 5.56. The smallest absolute Gasteiger partial charge is 0.125 e. The molecule has 0 aromatic heterocycles. The lowest BCUT2D eigenvalue weighted by atomic mass is 9.73.